The van der Waals surface area contributed by atoms with Gasteiger partial charge in [0.05, 0.1) is 11.0 Å². The molecule has 1 saturated heterocycles. The maximum Gasteiger partial charge on any atom is 0.256 e. The Labute approximate surface area is 144 Å². The van der Waals surface area contributed by atoms with Crippen LogP contribution in [0.25, 0.3) is 0 Å². The van der Waals surface area contributed by atoms with Crippen LogP contribution in [0, 0.1) is 17.6 Å². The van der Waals surface area contributed by atoms with Gasteiger partial charge in [-0.05, 0) is 37.0 Å². The van der Waals surface area contributed by atoms with Gasteiger partial charge in [-0.2, -0.15) is 4.98 Å². The fourth-order valence-electron chi connectivity index (χ4n) is 4.24. The molecule has 0 unspecified atom stereocenters. The second-order valence-corrected chi connectivity index (χ2v) is 6.92. The first kappa shape index (κ1) is 16.2. The summed E-state index contributed by atoms with van der Waals surface area (Å²) < 4.78 is 32.7. The van der Waals surface area contributed by atoms with Crippen LogP contribution in [0.4, 0.5) is 8.78 Å². The predicted octanol–water partition coefficient (Wildman–Crippen LogP) is 3.10. The standard InChI is InChI=1S/C18H19F2N3O2/c1-2-15-21-17(22-25-15)18-7-3-4-11(18)9-23(10-18)16(24)13-8-12(19)5-6-14(13)20/h5-6,8,11H,2-4,7,9-10H2,1H3/t11-,18-/m1/s1. The van der Waals surface area contributed by atoms with E-state index in [1.54, 1.807) is 4.90 Å². The quantitative estimate of drug-likeness (QED) is 0.856. The lowest BCUT2D eigenvalue weighted by molar-refractivity contribution is 0.0771. The molecule has 0 bridgehead atoms. The molecule has 25 heavy (non-hydrogen) atoms. The Hall–Kier alpha value is -2.31. The Kier molecular flexibility index (Phi) is 3.81. The topological polar surface area (TPSA) is 59.2 Å². The number of fused-ring (bicyclic) bond motifs is 1. The minimum atomic E-state index is -0.703. The van der Waals surface area contributed by atoms with Crippen LogP contribution < -0.4 is 0 Å². The number of hydrogen-bond donors (Lipinski definition) is 0. The van der Waals surface area contributed by atoms with Gasteiger partial charge in [0.2, 0.25) is 5.89 Å². The maximum absolute atomic E-state index is 14.0. The number of rotatable bonds is 3. The van der Waals surface area contributed by atoms with Gasteiger partial charge in [-0.3, -0.25) is 4.79 Å². The van der Waals surface area contributed by atoms with E-state index in [1.807, 2.05) is 6.92 Å². The highest BCUT2D eigenvalue weighted by Crippen LogP contribution is 2.49. The monoisotopic (exact) mass is 347 g/mol. The van der Waals surface area contributed by atoms with Gasteiger partial charge in [0.1, 0.15) is 11.6 Å². The summed E-state index contributed by atoms with van der Waals surface area (Å²) in [5.74, 6) is -0.367. The number of likely N-dealkylation sites (tertiary alicyclic amines) is 1. The number of carbonyl (C=O) groups excluding carboxylic acids is 1. The molecule has 1 aliphatic carbocycles. The maximum atomic E-state index is 14.0. The number of carbonyl (C=O) groups is 1. The number of amides is 1. The Morgan fingerprint density at radius 2 is 2.28 bits per heavy atom. The van der Waals surface area contributed by atoms with Gasteiger partial charge < -0.3 is 9.42 Å². The van der Waals surface area contributed by atoms with Crippen LogP contribution in [-0.2, 0) is 11.8 Å². The minimum absolute atomic E-state index is 0.218. The van der Waals surface area contributed by atoms with Crippen molar-refractivity contribution in [3.8, 4) is 0 Å². The number of hydrogen-bond acceptors (Lipinski definition) is 4. The molecule has 1 amide bonds. The van der Waals surface area contributed by atoms with E-state index in [-0.39, 0.29) is 16.9 Å². The molecule has 1 saturated carbocycles. The van der Waals surface area contributed by atoms with Gasteiger partial charge >= 0.3 is 0 Å². The number of benzene rings is 1. The van der Waals surface area contributed by atoms with E-state index < -0.39 is 17.5 Å². The Balaban J connectivity index is 1.64. The Morgan fingerprint density at radius 1 is 1.44 bits per heavy atom. The largest absolute Gasteiger partial charge is 0.339 e. The molecule has 4 rings (SSSR count). The highest BCUT2D eigenvalue weighted by Gasteiger charge is 2.54. The highest BCUT2D eigenvalue weighted by atomic mass is 19.1. The van der Waals surface area contributed by atoms with Crippen LogP contribution in [0.2, 0.25) is 0 Å². The third-order valence-electron chi connectivity index (χ3n) is 5.53. The van der Waals surface area contributed by atoms with Gasteiger partial charge in [0, 0.05) is 19.5 Å². The molecule has 2 aromatic rings. The van der Waals surface area contributed by atoms with Crippen LogP contribution >= 0.6 is 0 Å². The van der Waals surface area contributed by atoms with E-state index >= 15 is 0 Å². The molecule has 2 atom stereocenters. The lowest BCUT2D eigenvalue weighted by Gasteiger charge is -2.24. The molecular weight excluding hydrogens is 328 g/mol. The average Bonchev–Trinajstić information content (AvgIpc) is 3.29. The van der Waals surface area contributed by atoms with Crippen molar-refractivity contribution in [2.45, 2.75) is 38.0 Å². The van der Waals surface area contributed by atoms with E-state index in [0.29, 0.717) is 31.2 Å². The number of halogens is 2. The van der Waals surface area contributed by atoms with Crippen LogP contribution in [0.15, 0.2) is 22.7 Å². The van der Waals surface area contributed by atoms with Gasteiger partial charge in [-0.1, -0.05) is 18.5 Å². The summed E-state index contributed by atoms with van der Waals surface area (Å²) in [7, 11) is 0. The van der Waals surface area contributed by atoms with Crippen molar-refractivity contribution in [2.24, 2.45) is 5.92 Å². The second kappa shape index (κ2) is 5.89. The minimum Gasteiger partial charge on any atom is -0.339 e. The number of nitrogens with zero attached hydrogens (tertiary/aromatic N) is 3. The normalized spacial score (nSPS) is 25.4. The van der Waals surface area contributed by atoms with E-state index in [1.165, 1.54) is 0 Å². The summed E-state index contributed by atoms with van der Waals surface area (Å²) in [4.78, 5) is 18.8. The average molecular weight is 347 g/mol. The number of aryl methyl sites for hydroxylation is 1. The predicted molar refractivity (Wildman–Crippen MR) is 85.0 cm³/mol. The zero-order valence-electron chi connectivity index (χ0n) is 14.0. The third kappa shape index (κ3) is 2.53. The highest BCUT2D eigenvalue weighted by molar-refractivity contribution is 5.94. The summed E-state index contributed by atoms with van der Waals surface area (Å²) in [6.07, 6.45) is 3.53. The molecule has 0 N–H and O–H groups in total. The zero-order chi connectivity index (χ0) is 17.6. The van der Waals surface area contributed by atoms with E-state index in [2.05, 4.69) is 10.1 Å². The molecule has 2 fully saturated rings. The van der Waals surface area contributed by atoms with Crippen molar-refractivity contribution >= 4 is 5.91 Å². The third-order valence-corrected chi connectivity index (χ3v) is 5.53. The SMILES string of the molecule is CCc1nc([C@@]23CCC[C@@H]2CN(C(=O)c2cc(F)ccc2F)C3)no1. The van der Waals surface area contributed by atoms with Gasteiger partial charge in [-0.15, -0.1) is 0 Å². The summed E-state index contributed by atoms with van der Waals surface area (Å²) in [5.41, 5.74) is -0.561. The van der Waals surface area contributed by atoms with Crippen LogP contribution in [0.1, 0.15) is 48.3 Å². The Morgan fingerprint density at radius 3 is 3.04 bits per heavy atom. The second-order valence-electron chi connectivity index (χ2n) is 6.92. The van der Waals surface area contributed by atoms with Gasteiger partial charge in [0.15, 0.2) is 5.82 Å². The summed E-state index contributed by atoms with van der Waals surface area (Å²) in [6.45, 7) is 2.86. The Bertz CT molecular complexity index is 822. The van der Waals surface area contributed by atoms with Crippen molar-refractivity contribution < 1.29 is 18.1 Å². The van der Waals surface area contributed by atoms with Crippen LogP contribution in [0.5, 0.6) is 0 Å². The van der Waals surface area contributed by atoms with Crippen molar-refractivity contribution in [1.82, 2.24) is 15.0 Å². The fraction of sp³-hybridized carbons (Fsp3) is 0.500. The molecule has 7 heteroatoms. The molecule has 0 radical (unpaired) electrons. The first-order valence-corrected chi connectivity index (χ1v) is 8.61. The molecule has 1 aromatic heterocycles. The first-order chi connectivity index (χ1) is 12.0. The summed E-state index contributed by atoms with van der Waals surface area (Å²) >= 11 is 0. The van der Waals surface area contributed by atoms with Crippen molar-refractivity contribution in [3.63, 3.8) is 0 Å². The molecular formula is C18H19F2N3O2. The number of aromatic nitrogens is 2. The van der Waals surface area contributed by atoms with Crippen molar-refractivity contribution in [1.29, 1.82) is 0 Å². The molecule has 2 aliphatic rings. The first-order valence-electron chi connectivity index (χ1n) is 8.61. The summed E-state index contributed by atoms with van der Waals surface area (Å²) in [6, 6.07) is 2.96. The van der Waals surface area contributed by atoms with Gasteiger partial charge in [-0.25, -0.2) is 8.78 Å². The lowest BCUT2D eigenvalue weighted by Crippen LogP contribution is -2.35. The lowest BCUT2D eigenvalue weighted by atomic mass is 9.80. The molecule has 1 aliphatic heterocycles. The van der Waals surface area contributed by atoms with Crippen LogP contribution in [0.3, 0.4) is 0 Å². The molecule has 5 nitrogen and oxygen atoms in total. The molecule has 0 spiro atoms. The van der Waals surface area contributed by atoms with E-state index in [9.17, 15) is 13.6 Å². The van der Waals surface area contributed by atoms with E-state index in [4.69, 9.17) is 4.52 Å². The van der Waals surface area contributed by atoms with E-state index in [0.717, 1.165) is 37.5 Å². The van der Waals surface area contributed by atoms with Crippen LogP contribution in [-0.4, -0.2) is 34.0 Å². The smallest absolute Gasteiger partial charge is 0.256 e. The van der Waals surface area contributed by atoms with Crippen molar-refractivity contribution in [2.75, 3.05) is 13.1 Å². The molecule has 2 heterocycles. The van der Waals surface area contributed by atoms with Gasteiger partial charge in [0.25, 0.3) is 5.91 Å². The zero-order valence-corrected chi connectivity index (χ0v) is 14.0. The van der Waals surface area contributed by atoms with Crippen molar-refractivity contribution in [3.05, 3.63) is 47.1 Å². The molecule has 132 valence electrons. The molecule has 1 aromatic carbocycles. The summed E-state index contributed by atoms with van der Waals surface area (Å²) in [5, 5.41) is 4.14. The fourth-order valence-corrected chi connectivity index (χ4v) is 4.24.